The molecule has 0 spiro atoms. The molecule has 1 aliphatic carbocycles. The molecule has 32 heavy (non-hydrogen) atoms. The number of carbonyl (C=O) groups is 1. The number of hydrogen-bond acceptors (Lipinski definition) is 4. The molecule has 0 radical (unpaired) electrons. The second-order valence-corrected chi connectivity index (χ2v) is 7.40. The molecule has 0 aliphatic heterocycles. The quantitative estimate of drug-likeness (QED) is 0.435. The zero-order valence-electron chi connectivity index (χ0n) is 17.7. The molecule has 3 aromatic rings. The Morgan fingerprint density at radius 1 is 0.938 bits per heavy atom. The smallest absolute Gasteiger partial charge is 0.407 e. The first kappa shape index (κ1) is 21.5. The standard InChI is InChI=1S/C27H25NO4/c29-17-18-31-21-14-12-20(13-15-21)7-5-6-16-28-27(30)32-19-26-24-10-3-1-8-22(24)23-9-2-4-11-25(23)26/h1-4,8-15,26,29H,6,16-19H2,(H,28,30). The number of nitrogens with one attached hydrogen (secondary N) is 1. The number of carbonyl (C=O) groups excluding carboxylic acids is 1. The summed E-state index contributed by atoms with van der Waals surface area (Å²) in [5.74, 6) is 6.84. The minimum atomic E-state index is -0.431. The van der Waals surface area contributed by atoms with Crippen molar-refractivity contribution in [2.24, 2.45) is 0 Å². The predicted molar refractivity (Wildman–Crippen MR) is 124 cm³/mol. The number of amides is 1. The monoisotopic (exact) mass is 427 g/mol. The summed E-state index contributed by atoms with van der Waals surface area (Å²) in [5, 5.41) is 11.5. The number of rotatable bonds is 7. The minimum absolute atomic E-state index is 0.0156. The van der Waals surface area contributed by atoms with Crippen LogP contribution < -0.4 is 10.1 Å². The van der Waals surface area contributed by atoms with Crippen LogP contribution in [0.15, 0.2) is 72.8 Å². The normalized spacial score (nSPS) is 11.7. The van der Waals surface area contributed by atoms with Gasteiger partial charge in [-0.25, -0.2) is 4.79 Å². The van der Waals surface area contributed by atoms with Crippen LogP contribution in [-0.4, -0.2) is 37.6 Å². The maximum Gasteiger partial charge on any atom is 0.407 e. The summed E-state index contributed by atoms with van der Waals surface area (Å²) in [5.41, 5.74) is 5.67. The maximum absolute atomic E-state index is 12.2. The fourth-order valence-corrected chi connectivity index (χ4v) is 3.84. The Kier molecular flexibility index (Phi) is 7.06. The molecule has 5 heteroatoms. The maximum atomic E-state index is 12.2. The Morgan fingerprint density at radius 2 is 1.59 bits per heavy atom. The summed E-state index contributed by atoms with van der Waals surface area (Å²) in [7, 11) is 0. The van der Waals surface area contributed by atoms with E-state index in [4.69, 9.17) is 14.6 Å². The van der Waals surface area contributed by atoms with E-state index >= 15 is 0 Å². The fraction of sp³-hybridized carbons (Fsp3) is 0.222. The highest BCUT2D eigenvalue weighted by atomic mass is 16.5. The topological polar surface area (TPSA) is 67.8 Å². The van der Waals surface area contributed by atoms with Crippen molar-refractivity contribution in [2.75, 3.05) is 26.4 Å². The Balaban J connectivity index is 1.23. The van der Waals surface area contributed by atoms with Gasteiger partial charge in [0.25, 0.3) is 0 Å². The van der Waals surface area contributed by atoms with Crippen LogP contribution in [0.3, 0.4) is 0 Å². The number of fused-ring (bicyclic) bond motifs is 3. The van der Waals surface area contributed by atoms with Crippen molar-refractivity contribution in [2.45, 2.75) is 12.3 Å². The molecule has 0 unspecified atom stereocenters. The highest BCUT2D eigenvalue weighted by Gasteiger charge is 2.28. The van der Waals surface area contributed by atoms with Crippen LogP contribution in [0, 0.1) is 11.8 Å². The number of aliphatic hydroxyl groups is 1. The van der Waals surface area contributed by atoms with E-state index in [1.165, 1.54) is 22.3 Å². The van der Waals surface area contributed by atoms with E-state index in [0.29, 0.717) is 25.3 Å². The third kappa shape index (κ3) is 5.11. The van der Waals surface area contributed by atoms with Crippen LogP contribution in [0.1, 0.15) is 29.0 Å². The van der Waals surface area contributed by atoms with E-state index in [1.807, 2.05) is 48.5 Å². The third-order valence-electron chi connectivity index (χ3n) is 5.31. The Labute approximate surface area is 188 Å². The molecule has 0 aromatic heterocycles. The summed E-state index contributed by atoms with van der Waals surface area (Å²) in [6.45, 7) is 0.975. The highest BCUT2D eigenvalue weighted by molar-refractivity contribution is 5.79. The molecule has 0 heterocycles. The first-order valence-electron chi connectivity index (χ1n) is 10.7. The van der Waals surface area contributed by atoms with Gasteiger partial charge in [0.15, 0.2) is 0 Å². The lowest BCUT2D eigenvalue weighted by molar-refractivity contribution is 0.143. The molecule has 4 rings (SSSR count). The summed E-state index contributed by atoms with van der Waals surface area (Å²) < 4.78 is 10.8. The molecule has 1 amide bonds. The average molecular weight is 428 g/mol. The molecule has 0 saturated carbocycles. The van der Waals surface area contributed by atoms with Crippen molar-refractivity contribution >= 4 is 6.09 Å². The molecule has 0 atom stereocenters. The van der Waals surface area contributed by atoms with Gasteiger partial charge in [-0.2, -0.15) is 0 Å². The molecule has 0 fully saturated rings. The first-order valence-corrected chi connectivity index (χ1v) is 10.7. The molecule has 2 N–H and O–H groups in total. The van der Waals surface area contributed by atoms with Crippen LogP contribution >= 0.6 is 0 Å². The fourth-order valence-electron chi connectivity index (χ4n) is 3.84. The SMILES string of the molecule is O=C(NCCC#Cc1ccc(OCCO)cc1)OCC1c2ccccc2-c2ccccc21. The Bertz CT molecular complexity index is 1080. The first-order chi connectivity index (χ1) is 15.8. The molecular weight excluding hydrogens is 402 g/mol. The van der Waals surface area contributed by atoms with E-state index in [9.17, 15) is 4.79 Å². The van der Waals surface area contributed by atoms with E-state index in [-0.39, 0.29) is 19.1 Å². The lowest BCUT2D eigenvalue weighted by Crippen LogP contribution is -2.26. The van der Waals surface area contributed by atoms with Gasteiger partial charge in [-0.15, -0.1) is 0 Å². The number of benzene rings is 3. The molecular formula is C27H25NO4. The van der Waals surface area contributed by atoms with Crippen molar-refractivity contribution in [3.8, 4) is 28.7 Å². The minimum Gasteiger partial charge on any atom is -0.491 e. The van der Waals surface area contributed by atoms with Crippen molar-refractivity contribution < 1.29 is 19.4 Å². The average Bonchev–Trinajstić information content (AvgIpc) is 3.16. The second-order valence-electron chi connectivity index (χ2n) is 7.40. The van der Waals surface area contributed by atoms with E-state index in [0.717, 1.165) is 5.56 Å². The van der Waals surface area contributed by atoms with Gasteiger partial charge in [0.05, 0.1) is 6.61 Å². The predicted octanol–water partition coefficient (Wildman–Crippen LogP) is 4.34. The Morgan fingerprint density at radius 3 is 2.25 bits per heavy atom. The van der Waals surface area contributed by atoms with Crippen LogP contribution in [0.5, 0.6) is 5.75 Å². The molecule has 0 saturated heterocycles. The molecule has 1 aliphatic rings. The zero-order valence-corrected chi connectivity index (χ0v) is 17.7. The van der Waals surface area contributed by atoms with E-state index in [1.54, 1.807) is 0 Å². The van der Waals surface area contributed by atoms with Gasteiger partial charge in [-0.1, -0.05) is 60.4 Å². The van der Waals surface area contributed by atoms with Crippen LogP contribution in [0.25, 0.3) is 11.1 Å². The lowest BCUT2D eigenvalue weighted by atomic mass is 9.98. The van der Waals surface area contributed by atoms with E-state index < -0.39 is 6.09 Å². The van der Waals surface area contributed by atoms with Crippen molar-refractivity contribution in [3.63, 3.8) is 0 Å². The largest absolute Gasteiger partial charge is 0.491 e. The Hall–Kier alpha value is -3.75. The molecule has 162 valence electrons. The van der Waals surface area contributed by atoms with Gasteiger partial charge in [-0.3, -0.25) is 0 Å². The zero-order chi connectivity index (χ0) is 22.2. The van der Waals surface area contributed by atoms with Crippen LogP contribution in [0.4, 0.5) is 4.79 Å². The number of aliphatic hydroxyl groups excluding tert-OH is 1. The lowest BCUT2D eigenvalue weighted by Gasteiger charge is -2.14. The van der Waals surface area contributed by atoms with Gasteiger partial charge in [0.1, 0.15) is 19.0 Å². The molecule has 5 nitrogen and oxygen atoms in total. The number of hydrogen-bond donors (Lipinski definition) is 2. The summed E-state index contributed by atoms with van der Waals surface area (Å²) >= 11 is 0. The highest BCUT2D eigenvalue weighted by Crippen LogP contribution is 2.44. The van der Waals surface area contributed by atoms with E-state index in [2.05, 4.69) is 41.4 Å². The third-order valence-corrected chi connectivity index (χ3v) is 5.31. The summed E-state index contributed by atoms with van der Waals surface area (Å²) in [4.78, 5) is 12.2. The second kappa shape index (κ2) is 10.5. The molecule has 3 aromatic carbocycles. The van der Waals surface area contributed by atoms with Gasteiger partial charge in [0, 0.05) is 24.4 Å². The van der Waals surface area contributed by atoms with Crippen molar-refractivity contribution in [3.05, 3.63) is 89.5 Å². The summed E-state index contributed by atoms with van der Waals surface area (Å²) in [6.07, 6.45) is 0.0894. The number of alkyl carbamates (subject to hydrolysis) is 1. The van der Waals surface area contributed by atoms with Gasteiger partial charge >= 0.3 is 6.09 Å². The number of ether oxygens (including phenoxy) is 2. The van der Waals surface area contributed by atoms with Gasteiger partial charge in [0.2, 0.25) is 0 Å². The van der Waals surface area contributed by atoms with Crippen molar-refractivity contribution in [1.29, 1.82) is 0 Å². The van der Waals surface area contributed by atoms with Crippen LogP contribution in [-0.2, 0) is 4.74 Å². The van der Waals surface area contributed by atoms with Gasteiger partial charge < -0.3 is 19.9 Å². The van der Waals surface area contributed by atoms with Crippen molar-refractivity contribution in [1.82, 2.24) is 5.32 Å². The van der Waals surface area contributed by atoms with Crippen LogP contribution in [0.2, 0.25) is 0 Å². The molecule has 0 bridgehead atoms. The summed E-state index contributed by atoms with van der Waals surface area (Å²) in [6, 6.07) is 23.9. The van der Waals surface area contributed by atoms with Gasteiger partial charge in [-0.05, 0) is 46.5 Å².